The number of morpholine rings is 1. The fraction of sp³-hybridized carbons (Fsp3) is 0.692. The highest BCUT2D eigenvalue weighted by Crippen LogP contribution is 2.30. The van der Waals surface area contributed by atoms with Gasteiger partial charge in [0.15, 0.2) is 5.69 Å². The first-order chi connectivity index (χ1) is 10.4. The molecule has 2 amide bonds. The molecule has 1 N–H and O–H groups in total. The Labute approximate surface area is 130 Å². The molecule has 1 atom stereocenters. The Morgan fingerprint density at radius 3 is 3.00 bits per heavy atom. The summed E-state index contributed by atoms with van der Waals surface area (Å²) in [6, 6.07) is -0.159. The van der Waals surface area contributed by atoms with Gasteiger partial charge in [-0.2, -0.15) is 13.2 Å². The monoisotopic (exact) mass is 337 g/mol. The molecule has 9 heteroatoms. The molecule has 1 aromatic heterocycles. The summed E-state index contributed by atoms with van der Waals surface area (Å²) in [7, 11) is 0. The van der Waals surface area contributed by atoms with Crippen molar-refractivity contribution in [2.24, 2.45) is 0 Å². The highest BCUT2D eigenvalue weighted by Gasteiger charge is 2.33. The lowest BCUT2D eigenvalue weighted by Crippen LogP contribution is -2.52. The highest BCUT2D eigenvalue weighted by atomic mass is 32.1. The number of aromatic nitrogens is 1. The number of urea groups is 1. The summed E-state index contributed by atoms with van der Waals surface area (Å²) in [5, 5.41) is 4.08. The first-order valence-corrected chi connectivity index (χ1v) is 7.93. The van der Waals surface area contributed by atoms with E-state index in [4.69, 9.17) is 4.74 Å². The number of amides is 2. The molecule has 1 saturated heterocycles. The average molecular weight is 337 g/mol. The number of alkyl halides is 3. The van der Waals surface area contributed by atoms with Gasteiger partial charge in [-0.05, 0) is 6.42 Å². The van der Waals surface area contributed by atoms with Gasteiger partial charge in [0.1, 0.15) is 0 Å². The number of halogens is 3. The molecule has 0 aliphatic carbocycles. The highest BCUT2D eigenvalue weighted by molar-refractivity contribution is 7.09. The van der Waals surface area contributed by atoms with Crippen molar-refractivity contribution in [1.29, 1.82) is 0 Å². The van der Waals surface area contributed by atoms with E-state index in [0.29, 0.717) is 24.8 Å². The van der Waals surface area contributed by atoms with Crippen molar-refractivity contribution in [3.63, 3.8) is 0 Å². The molecule has 5 nitrogen and oxygen atoms in total. The second-order valence-electron chi connectivity index (χ2n) is 4.94. The van der Waals surface area contributed by atoms with E-state index < -0.39 is 11.9 Å². The number of carbonyl (C=O) groups is 1. The Morgan fingerprint density at radius 1 is 1.59 bits per heavy atom. The second-order valence-corrected chi connectivity index (χ2v) is 5.88. The minimum Gasteiger partial charge on any atom is -0.377 e. The van der Waals surface area contributed by atoms with Gasteiger partial charge >= 0.3 is 12.2 Å². The quantitative estimate of drug-likeness (QED) is 0.919. The van der Waals surface area contributed by atoms with E-state index in [1.54, 1.807) is 4.90 Å². The van der Waals surface area contributed by atoms with Crippen molar-refractivity contribution >= 4 is 17.4 Å². The Bertz CT molecular complexity index is 507. The van der Waals surface area contributed by atoms with Gasteiger partial charge < -0.3 is 15.0 Å². The van der Waals surface area contributed by atoms with Gasteiger partial charge in [0.05, 0.1) is 24.3 Å². The van der Waals surface area contributed by atoms with Crippen LogP contribution in [-0.4, -0.2) is 48.3 Å². The molecule has 0 unspecified atom stereocenters. The van der Waals surface area contributed by atoms with Crippen LogP contribution in [-0.2, 0) is 17.3 Å². The lowest BCUT2D eigenvalue weighted by molar-refractivity contribution is -0.140. The van der Waals surface area contributed by atoms with E-state index in [2.05, 4.69) is 10.3 Å². The minimum absolute atomic E-state index is 0.0467. The zero-order chi connectivity index (χ0) is 16.2. The molecule has 2 heterocycles. The van der Waals surface area contributed by atoms with Gasteiger partial charge in [0, 0.05) is 24.9 Å². The smallest absolute Gasteiger partial charge is 0.377 e. The fourth-order valence-corrected chi connectivity index (χ4v) is 3.00. The van der Waals surface area contributed by atoms with Crippen LogP contribution in [0, 0.1) is 0 Å². The summed E-state index contributed by atoms with van der Waals surface area (Å²) >= 11 is 0.953. The van der Waals surface area contributed by atoms with Crippen molar-refractivity contribution in [2.45, 2.75) is 32.0 Å². The predicted molar refractivity (Wildman–Crippen MR) is 75.8 cm³/mol. The van der Waals surface area contributed by atoms with Crippen molar-refractivity contribution in [2.75, 3.05) is 26.3 Å². The summed E-state index contributed by atoms with van der Waals surface area (Å²) < 4.78 is 42.6. The number of nitrogens with one attached hydrogen (secondary N) is 1. The Kier molecular flexibility index (Phi) is 5.63. The molecule has 0 radical (unpaired) electrons. The van der Waals surface area contributed by atoms with Crippen LogP contribution >= 0.6 is 11.3 Å². The van der Waals surface area contributed by atoms with Crippen LogP contribution in [0.3, 0.4) is 0 Å². The third kappa shape index (κ3) is 4.33. The van der Waals surface area contributed by atoms with Gasteiger partial charge in [-0.3, -0.25) is 0 Å². The number of rotatable bonds is 4. The SMILES string of the molecule is CC[C@H]1COCCN1C(=O)NCCc1nc(C(F)(F)F)cs1. The van der Waals surface area contributed by atoms with Crippen LogP contribution in [0.25, 0.3) is 0 Å². The average Bonchev–Trinajstić information content (AvgIpc) is 2.96. The van der Waals surface area contributed by atoms with Gasteiger partial charge in [-0.1, -0.05) is 6.92 Å². The normalized spacial score (nSPS) is 19.3. The van der Waals surface area contributed by atoms with E-state index in [1.165, 1.54) is 0 Å². The first-order valence-electron chi connectivity index (χ1n) is 7.05. The van der Waals surface area contributed by atoms with E-state index >= 15 is 0 Å². The van der Waals surface area contributed by atoms with Crippen LogP contribution in [0.2, 0.25) is 0 Å². The van der Waals surface area contributed by atoms with Gasteiger partial charge in [-0.25, -0.2) is 9.78 Å². The van der Waals surface area contributed by atoms with Crippen molar-refractivity contribution in [1.82, 2.24) is 15.2 Å². The first kappa shape index (κ1) is 17.0. The minimum atomic E-state index is -4.42. The maximum Gasteiger partial charge on any atom is 0.434 e. The largest absolute Gasteiger partial charge is 0.434 e. The van der Waals surface area contributed by atoms with E-state index in [-0.39, 0.29) is 25.0 Å². The molecular weight excluding hydrogens is 319 g/mol. The third-order valence-electron chi connectivity index (χ3n) is 3.42. The molecule has 1 aromatic rings. The Morgan fingerprint density at radius 2 is 2.36 bits per heavy atom. The summed E-state index contributed by atoms with van der Waals surface area (Å²) in [6.45, 7) is 3.79. The molecule has 1 fully saturated rings. The number of hydrogen-bond acceptors (Lipinski definition) is 4. The Hall–Kier alpha value is -1.35. The number of hydrogen-bond donors (Lipinski definition) is 1. The number of carbonyl (C=O) groups excluding carboxylic acids is 1. The molecule has 0 saturated carbocycles. The predicted octanol–water partition coefficient (Wildman–Crippen LogP) is 2.52. The van der Waals surface area contributed by atoms with Crippen LogP contribution in [0.1, 0.15) is 24.0 Å². The van der Waals surface area contributed by atoms with E-state index in [0.717, 1.165) is 23.1 Å². The number of nitrogens with zero attached hydrogens (tertiary/aromatic N) is 2. The summed E-state index contributed by atoms with van der Waals surface area (Å²) in [5.41, 5.74) is -0.877. The molecule has 2 rings (SSSR count). The van der Waals surface area contributed by atoms with E-state index in [9.17, 15) is 18.0 Å². The van der Waals surface area contributed by atoms with Crippen molar-refractivity contribution < 1.29 is 22.7 Å². The summed E-state index contributed by atoms with van der Waals surface area (Å²) in [6.07, 6.45) is -3.33. The fourth-order valence-electron chi connectivity index (χ4n) is 2.19. The number of ether oxygens (including phenoxy) is 1. The molecule has 124 valence electrons. The molecule has 0 aromatic carbocycles. The molecule has 0 bridgehead atoms. The third-order valence-corrected chi connectivity index (χ3v) is 4.33. The van der Waals surface area contributed by atoms with Crippen LogP contribution in [0.15, 0.2) is 5.38 Å². The van der Waals surface area contributed by atoms with Crippen LogP contribution in [0.4, 0.5) is 18.0 Å². The zero-order valence-corrected chi connectivity index (χ0v) is 13.0. The molecule has 22 heavy (non-hydrogen) atoms. The maximum atomic E-state index is 12.4. The molecule has 1 aliphatic heterocycles. The van der Waals surface area contributed by atoms with Crippen LogP contribution < -0.4 is 5.32 Å². The lowest BCUT2D eigenvalue weighted by atomic mass is 10.2. The van der Waals surface area contributed by atoms with Gasteiger partial charge in [0.25, 0.3) is 0 Å². The standard InChI is InChI=1S/C13H18F3N3O2S/c1-2-9-7-21-6-5-19(9)12(20)17-4-3-11-18-10(8-22-11)13(14,15)16/h8-9H,2-7H2,1H3,(H,17,20)/t9-/m0/s1. The maximum absolute atomic E-state index is 12.4. The topological polar surface area (TPSA) is 54.5 Å². The van der Waals surface area contributed by atoms with Crippen molar-refractivity contribution in [3.05, 3.63) is 16.1 Å². The molecule has 1 aliphatic rings. The number of thiazole rings is 1. The Balaban J connectivity index is 1.80. The summed E-state index contributed by atoms with van der Waals surface area (Å²) in [5.74, 6) is 0. The second kappa shape index (κ2) is 7.28. The molecular formula is C13H18F3N3O2S. The summed E-state index contributed by atoms with van der Waals surface area (Å²) in [4.78, 5) is 17.3. The van der Waals surface area contributed by atoms with Gasteiger partial charge in [-0.15, -0.1) is 11.3 Å². The molecule has 0 spiro atoms. The lowest BCUT2D eigenvalue weighted by Gasteiger charge is -2.35. The van der Waals surface area contributed by atoms with Gasteiger partial charge in [0.2, 0.25) is 0 Å². The van der Waals surface area contributed by atoms with E-state index in [1.807, 2.05) is 6.92 Å². The zero-order valence-electron chi connectivity index (χ0n) is 12.2. The van der Waals surface area contributed by atoms with Crippen LogP contribution in [0.5, 0.6) is 0 Å². The van der Waals surface area contributed by atoms with Crippen molar-refractivity contribution in [3.8, 4) is 0 Å².